The summed E-state index contributed by atoms with van der Waals surface area (Å²) in [5.74, 6) is 0.0379. The first kappa shape index (κ1) is 17.2. The molecular formula is C17H17ClFN5O. The van der Waals surface area contributed by atoms with Crippen molar-refractivity contribution in [3.63, 3.8) is 0 Å². The molecular weight excluding hydrogens is 345 g/mol. The minimum Gasteiger partial charge on any atom is -0.337 e. The van der Waals surface area contributed by atoms with Gasteiger partial charge in [0.05, 0.1) is 17.9 Å². The lowest BCUT2D eigenvalue weighted by Gasteiger charge is -2.13. The summed E-state index contributed by atoms with van der Waals surface area (Å²) >= 11 is 6.21. The Morgan fingerprint density at radius 2 is 2.20 bits per heavy atom. The van der Waals surface area contributed by atoms with Gasteiger partial charge in [-0.25, -0.2) is 4.39 Å². The molecule has 1 aromatic carbocycles. The lowest BCUT2D eigenvalue weighted by Crippen LogP contribution is -2.43. The van der Waals surface area contributed by atoms with Gasteiger partial charge in [0.1, 0.15) is 16.8 Å². The highest BCUT2D eigenvalue weighted by Crippen LogP contribution is 2.19. The van der Waals surface area contributed by atoms with Gasteiger partial charge >= 0.3 is 0 Å². The number of amides is 1. The van der Waals surface area contributed by atoms with Crippen LogP contribution >= 0.6 is 11.6 Å². The summed E-state index contributed by atoms with van der Waals surface area (Å²) in [6.45, 7) is 0. The van der Waals surface area contributed by atoms with Gasteiger partial charge in [0.25, 0.3) is 5.91 Å². The molecule has 0 fully saturated rings. The molecule has 3 aromatic rings. The van der Waals surface area contributed by atoms with E-state index in [4.69, 9.17) is 17.3 Å². The van der Waals surface area contributed by atoms with Crippen molar-refractivity contribution < 1.29 is 9.18 Å². The van der Waals surface area contributed by atoms with Crippen molar-refractivity contribution in [2.24, 2.45) is 12.8 Å². The average Bonchev–Trinajstić information content (AvgIpc) is 3.12. The fraction of sp³-hybridized carbons (Fsp3) is 0.176. The Morgan fingerprint density at radius 3 is 2.88 bits per heavy atom. The van der Waals surface area contributed by atoms with Crippen LogP contribution in [0.2, 0.25) is 5.15 Å². The standard InChI is InChI=1S/C17H17ClFN5O/c1-23-16(5-6-21-23)24-10-12(9-14(24)18)17(25)22-15(20)8-11-3-2-4-13(19)7-11/h2-7,9-10,15H,8,20H2,1H3,(H,22,25)/t15-/m0/s1. The Kier molecular flexibility index (Phi) is 4.87. The summed E-state index contributed by atoms with van der Waals surface area (Å²) in [6.07, 6.45) is 2.93. The number of nitrogens with two attached hydrogens (primary N) is 1. The number of hydrogen-bond acceptors (Lipinski definition) is 3. The summed E-state index contributed by atoms with van der Waals surface area (Å²) in [5, 5.41) is 7.15. The summed E-state index contributed by atoms with van der Waals surface area (Å²) in [5.41, 5.74) is 7.03. The van der Waals surface area contributed by atoms with Crippen molar-refractivity contribution in [1.29, 1.82) is 0 Å². The van der Waals surface area contributed by atoms with E-state index in [1.165, 1.54) is 12.1 Å². The topological polar surface area (TPSA) is 77.9 Å². The summed E-state index contributed by atoms with van der Waals surface area (Å²) in [7, 11) is 1.78. The number of aromatic nitrogens is 3. The molecule has 0 aliphatic carbocycles. The van der Waals surface area contributed by atoms with Crippen LogP contribution in [0, 0.1) is 5.82 Å². The zero-order chi connectivity index (χ0) is 18.0. The lowest BCUT2D eigenvalue weighted by molar-refractivity contribution is 0.0938. The van der Waals surface area contributed by atoms with Crippen molar-refractivity contribution in [3.05, 3.63) is 70.9 Å². The predicted molar refractivity (Wildman–Crippen MR) is 93.1 cm³/mol. The van der Waals surface area contributed by atoms with Crippen LogP contribution in [-0.2, 0) is 13.5 Å². The third kappa shape index (κ3) is 3.89. The van der Waals surface area contributed by atoms with Crippen LogP contribution in [0.25, 0.3) is 5.82 Å². The molecule has 0 spiro atoms. The number of hydrogen-bond donors (Lipinski definition) is 2. The maximum Gasteiger partial charge on any atom is 0.254 e. The number of halogens is 2. The van der Waals surface area contributed by atoms with E-state index in [-0.39, 0.29) is 11.7 Å². The summed E-state index contributed by atoms with van der Waals surface area (Å²) in [6, 6.07) is 9.44. The number of aryl methyl sites for hydroxylation is 1. The van der Waals surface area contributed by atoms with Crippen LogP contribution in [0.15, 0.2) is 48.8 Å². The van der Waals surface area contributed by atoms with Crippen LogP contribution in [-0.4, -0.2) is 26.4 Å². The average molecular weight is 362 g/mol. The molecule has 8 heteroatoms. The van der Waals surface area contributed by atoms with E-state index in [0.29, 0.717) is 22.7 Å². The van der Waals surface area contributed by atoms with Crippen LogP contribution in [0.4, 0.5) is 4.39 Å². The van der Waals surface area contributed by atoms with E-state index < -0.39 is 6.17 Å². The first-order valence-electron chi connectivity index (χ1n) is 7.61. The van der Waals surface area contributed by atoms with Gasteiger partial charge in [-0.3, -0.25) is 14.0 Å². The third-order valence-corrected chi connectivity index (χ3v) is 4.03. The molecule has 0 bridgehead atoms. The van der Waals surface area contributed by atoms with Gasteiger partial charge in [0.2, 0.25) is 0 Å². The largest absolute Gasteiger partial charge is 0.337 e. The van der Waals surface area contributed by atoms with Gasteiger partial charge in [-0.2, -0.15) is 5.10 Å². The molecule has 1 atom stereocenters. The van der Waals surface area contributed by atoms with Gasteiger partial charge < -0.3 is 11.1 Å². The Hall–Kier alpha value is -2.64. The van der Waals surface area contributed by atoms with Gasteiger partial charge in [0.15, 0.2) is 0 Å². The monoisotopic (exact) mass is 361 g/mol. The smallest absolute Gasteiger partial charge is 0.254 e. The SMILES string of the molecule is Cn1nccc1-n1cc(C(=O)N[C@H](N)Cc2cccc(F)c2)cc1Cl. The number of rotatable bonds is 5. The van der Waals surface area contributed by atoms with Crippen molar-refractivity contribution in [3.8, 4) is 5.82 Å². The number of benzene rings is 1. The highest BCUT2D eigenvalue weighted by Gasteiger charge is 2.16. The zero-order valence-corrected chi connectivity index (χ0v) is 14.2. The second kappa shape index (κ2) is 7.08. The fourth-order valence-electron chi connectivity index (χ4n) is 2.56. The number of nitrogens with one attached hydrogen (secondary N) is 1. The fourth-order valence-corrected chi connectivity index (χ4v) is 2.81. The molecule has 3 rings (SSSR count). The third-order valence-electron chi connectivity index (χ3n) is 3.74. The van der Waals surface area contributed by atoms with E-state index in [9.17, 15) is 9.18 Å². The Morgan fingerprint density at radius 1 is 1.40 bits per heavy atom. The van der Waals surface area contributed by atoms with Gasteiger partial charge in [0, 0.05) is 25.7 Å². The maximum absolute atomic E-state index is 13.2. The zero-order valence-electron chi connectivity index (χ0n) is 13.5. The molecule has 2 aromatic heterocycles. The van der Waals surface area contributed by atoms with Crippen LogP contribution in [0.5, 0.6) is 0 Å². The van der Waals surface area contributed by atoms with E-state index in [0.717, 1.165) is 5.82 Å². The molecule has 0 unspecified atom stereocenters. The first-order valence-corrected chi connectivity index (χ1v) is 7.99. The predicted octanol–water partition coefficient (Wildman–Crippen LogP) is 2.26. The van der Waals surface area contributed by atoms with Crippen LogP contribution in [0.1, 0.15) is 15.9 Å². The molecule has 25 heavy (non-hydrogen) atoms. The highest BCUT2D eigenvalue weighted by molar-refractivity contribution is 6.30. The Balaban J connectivity index is 1.70. The van der Waals surface area contributed by atoms with E-state index in [2.05, 4.69) is 10.4 Å². The quantitative estimate of drug-likeness (QED) is 0.684. The Bertz CT molecular complexity index is 904. The molecule has 2 heterocycles. The first-order chi connectivity index (χ1) is 11.9. The molecule has 0 aliphatic heterocycles. The van der Waals surface area contributed by atoms with E-state index >= 15 is 0 Å². The minimum atomic E-state index is -0.645. The molecule has 3 N–H and O–H groups in total. The highest BCUT2D eigenvalue weighted by atomic mass is 35.5. The van der Waals surface area contributed by atoms with Crippen molar-refractivity contribution >= 4 is 17.5 Å². The molecule has 130 valence electrons. The molecule has 0 aliphatic rings. The van der Waals surface area contributed by atoms with Gasteiger partial charge in [-0.05, 0) is 23.8 Å². The summed E-state index contributed by atoms with van der Waals surface area (Å²) < 4.78 is 16.5. The second-order valence-corrected chi connectivity index (χ2v) is 6.04. The van der Waals surface area contributed by atoms with E-state index in [1.54, 1.807) is 53.0 Å². The number of carbonyl (C=O) groups excluding carboxylic acids is 1. The molecule has 6 nitrogen and oxygen atoms in total. The van der Waals surface area contributed by atoms with Gasteiger partial charge in [-0.15, -0.1) is 0 Å². The van der Waals surface area contributed by atoms with E-state index in [1.807, 2.05) is 0 Å². The summed E-state index contributed by atoms with van der Waals surface area (Å²) in [4.78, 5) is 12.4. The molecule has 0 saturated carbocycles. The molecule has 0 radical (unpaired) electrons. The Labute approximate surface area is 149 Å². The van der Waals surface area contributed by atoms with Crippen molar-refractivity contribution in [2.45, 2.75) is 12.6 Å². The second-order valence-electron chi connectivity index (χ2n) is 5.65. The molecule has 1 amide bonds. The normalized spacial score (nSPS) is 12.2. The van der Waals surface area contributed by atoms with Crippen LogP contribution < -0.4 is 11.1 Å². The number of carbonyl (C=O) groups is 1. The minimum absolute atomic E-state index is 0.319. The van der Waals surface area contributed by atoms with Crippen molar-refractivity contribution in [2.75, 3.05) is 0 Å². The maximum atomic E-state index is 13.2. The van der Waals surface area contributed by atoms with Gasteiger partial charge in [-0.1, -0.05) is 23.7 Å². The molecule has 0 saturated heterocycles. The van der Waals surface area contributed by atoms with Crippen LogP contribution in [0.3, 0.4) is 0 Å². The lowest BCUT2D eigenvalue weighted by atomic mass is 10.1. The number of nitrogens with zero attached hydrogens (tertiary/aromatic N) is 3. The van der Waals surface area contributed by atoms with Crippen molar-refractivity contribution in [1.82, 2.24) is 19.7 Å².